The van der Waals surface area contributed by atoms with Gasteiger partial charge in [-0.25, -0.2) is 4.39 Å². The first kappa shape index (κ1) is 16.7. The summed E-state index contributed by atoms with van der Waals surface area (Å²) in [6.45, 7) is 2.59. The fourth-order valence-corrected chi connectivity index (χ4v) is 2.68. The highest BCUT2D eigenvalue weighted by molar-refractivity contribution is 9.10. The van der Waals surface area contributed by atoms with Crippen LogP contribution in [0.4, 0.5) is 4.39 Å². The van der Waals surface area contributed by atoms with Gasteiger partial charge in [0.2, 0.25) is 5.91 Å². The van der Waals surface area contributed by atoms with Gasteiger partial charge in [0.1, 0.15) is 0 Å². The third kappa shape index (κ3) is 4.69. The normalized spacial score (nSPS) is 15.5. The molecular formula is C15H18BrFN2O3. The maximum atomic E-state index is 13.6. The largest absolute Gasteiger partial charge is 0.481 e. The minimum Gasteiger partial charge on any atom is -0.481 e. The first-order chi connectivity index (χ1) is 10.5. The summed E-state index contributed by atoms with van der Waals surface area (Å²) in [5, 5.41) is 2.85. The van der Waals surface area contributed by atoms with Crippen LogP contribution in [0.15, 0.2) is 22.7 Å². The summed E-state index contributed by atoms with van der Waals surface area (Å²) >= 11 is 3.15. The minimum atomic E-state index is -0.517. The van der Waals surface area contributed by atoms with Gasteiger partial charge in [-0.15, -0.1) is 0 Å². The van der Waals surface area contributed by atoms with Crippen molar-refractivity contribution in [2.45, 2.75) is 25.8 Å². The van der Waals surface area contributed by atoms with E-state index < -0.39 is 5.82 Å². The molecular weight excluding hydrogens is 355 g/mol. The number of ether oxygens (including phenoxy) is 1. The Morgan fingerprint density at radius 3 is 2.68 bits per heavy atom. The van der Waals surface area contributed by atoms with Gasteiger partial charge in [-0.05, 0) is 31.0 Å². The summed E-state index contributed by atoms with van der Waals surface area (Å²) in [5.41, 5.74) is 0. The molecule has 0 aromatic heterocycles. The Hall–Kier alpha value is -1.63. The molecule has 0 unspecified atom stereocenters. The molecule has 0 saturated carbocycles. The molecule has 1 aliphatic heterocycles. The predicted octanol–water partition coefficient (Wildman–Crippen LogP) is 2.09. The Kier molecular flexibility index (Phi) is 5.76. The summed E-state index contributed by atoms with van der Waals surface area (Å²) in [6.07, 6.45) is 1.44. The molecule has 1 saturated heterocycles. The van der Waals surface area contributed by atoms with Gasteiger partial charge in [-0.1, -0.05) is 15.9 Å². The van der Waals surface area contributed by atoms with Crippen LogP contribution < -0.4 is 10.1 Å². The molecule has 1 aromatic rings. The molecule has 22 heavy (non-hydrogen) atoms. The van der Waals surface area contributed by atoms with Gasteiger partial charge in [0, 0.05) is 30.5 Å². The number of carbonyl (C=O) groups excluding carboxylic acids is 2. The second-order valence-electron chi connectivity index (χ2n) is 5.21. The number of hydrogen-bond donors (Lipinski definition) is 1. The Balaban J connectivity index is 1.75. The summed E-state index contributed by atoms with van der Waals surface area (Å²) in [4.78, 5) is 24.8. The molecule has 2 amide bonds. The quantitative estimate of drug-likeness (QED) is 0.880. The van der Waals surface area contributed by atoms with Crippen LogP contribution >= 0.6 is 15.9 Å². The lowest BCUT2D eigenvalue weighted by Gasteiger charge is -2.31. The third-order valence-corrected chi connectivity index (χ3v) is 4.05. The van der Waals surface area contributed by atoms with Crippen LogP contribution in [0.5, 0.6) is 5.75 Å². The number of nitrogens with zero attached hydrogens (tertiary/aromatic N) is 1. The standard InChI is InChI=1S/C15H18BrFN2O3/c1-10(20)19-6-4-12(5-7-19)18-15(21)9-22-14-3-2-11(16)8-13(14)17/h2-3,8,12H,4-7,9H2,1H3,(H,18,21). The highest BCUT2D eigenvalue weighted by Gasteiger charge is 2.22. The van der Waals surface area contributed by atoms with Crippen molar-refractivity contribution in [3.05, 3.63) is 28.5 Å². The van der Waals surface area contributed by atoms with E-state index in [0.717, 1.165) is 12.8 Å². The maximum Gasteiger partial charge on any atom is 0.258 e. The van der Waals surface area contributed by atoms with Crippen LogP contribution in [0, 0.1) is 5.82 Å². The molecule has 0 radical (unpaired) electrons. The van der Waals surface area contributed by atoms with E-state index in [-0.39, 0.29) is 30.2 Å². The van der Waals surface area contributed by atoms with Gasteiger partial charge in [0.15, 0.2) is 18.2 Å². The molecule has 1 heterocycles. The average Bonchev–Trinajstić information content (AvgIpc) is 2.47. The van der Waals surface area contributed by atoms with Crippen molar-refractivity contribution < 1.29 is 18.7 Å². The van der Waals surface area contributed by atoms with Crippen molar-refractivity contribution in [3.8, 4) is 5.75 Å². The number of amides is 2. The SMILES string of the molecule is CC(=O)N1CCC(NC(=O)COc2ccc(Br)cc2F)CC1. The first-order valence-corrected chi connectivity index (χ1v) is 7.87. The van der Waals surface area contributed by atoms with Gasteiger partial charge in [0.05, 0.1) is 0 Å². The van der Waals surface area contributed by atoms with Gasteiger partial charge in [-0.3, -0.25) is 9.59 Å². The number of halogens is 2. The molecule has 0 atom stereocenters. The molecule has 1 N–H and O–H groups in total. The fourth-order valence-electron chi connectivity index (χ4n) is 2.34. The van der Waals surface area contributed by atoms with Crippen LogP contribution in [-0.4, -0.2) is 42.5 Å². The number of nitrogens with one attached hydrogen (secondary N) is 1. The van der Waals surface area contributed by atoms with E-state index in [1.54, 1.807) is 17.9 Å². The lowest BCUT2D eigenvalue weighted by Crippen LogP contribution is -2.47. The van der Waals surface area contributed by atoms with Crippen LogP contribution in [-0.2, 0) is 9.59 Å². The molecule has 1 aliphatic rings. The minimum absolute atomic E-state index is 0.0291. The fraction of sp³-hybridized carbons (Fsp3) is 0.467. The van der Waals surface area contributed by atoms with Crippen LogP contribution in [0.3, 0.4) is 0 Å². The van der Waals surface area contributed by atoms with Crippen molar-refractivity contribution in [3.63, 3.8) is 0 Å². The van der Waals surface area contributed by atoms with Crippen molar-refractivity contribution >= 4 is 27.7 Å². The van der Waals surface area contributed by atoms with E-state index in [0.29, 0.717) is 17.6 Å². The summed E-state index contributed by atoms with van der Waals surface area (Å²) in [6, 6.07) is 4.43. The van der Waals surface area contributed by atoms with E-state index in [2.05, 4.69) is 21.2 Å². The number of likely N-dealkylation sites (tertiary alicyclic amines) is 1. The molecule has 2 rings (SSSR count). The third-order valence-electron chi connectivity index (χ3n) is 3.56. The smallest absolute Gasteiger partial charge is 0.258 e. The number of carbonyl (C=O) groups is 2. The summed E-state index contributed by atoms with van der Waals surface area (Å²) in [7, 11) is 0. The highest BCUT2D eigenvalue weighted by Crippen LogP contribution is 2.21. The zero-order chi connectivity index (χ0) is 16.1. The van der Waals surface area contributed by atoms with Crippen molar-refractivity contribution in [2.75, 3.05) is 19.7 Å². The number of rotatable bonds is 4. The van der Waals surface area contributed by atoms with Crippen molar-refractivity contribution in [1.82, 2.24) is 10.2 Å². The number of piperidine rings is 1. The monoisotopic (exact) mass is 372 g/mol. The molecule has 0 bridgehead atoms. The average molecular weight is 373 g/mol. The zero-order valence-electron chi connectivity index (χ0n) is 12.3. The molecule has 5 nitrogen and oxygen atoms in total. The maximum absolute atomic E-state index is 13.6. The Morgan fingerprint density at radius 2 is 2.09 bits per heavy atom. The van der Waals surface area contributed by atoms with Gasteiger partial charge in [0.25, 0.3) is 5.91 Å². The van der Waals surface area contributed by atoms with E-state index >= 15 is 0 Å². The molecule has 0 aliphatic carbocycles. The van der Waals surface area contributed by atoms with Crippen molar-refractivity contribution in [2.24, 2.45) is 0 Å². The van der Waals surface area contributed by atoms with Gasteiger partial charge >= 0.3 is 0 Å². The molecule has 1 fully saturated rings. The Bertz CT molecular complexity index is 560. The Labute approximate surface area is 136 Å². The van der Waals surface area contributed by atoms with Gasteiger partial charge in [-0.2, -0.15) is 0 Å². The Morgan fingerprint density at radius 1 is 1.41 bits per heavy atom. The molecule has 1 aromatic carbocycles. The number of hydrogen-bond acceptors (Lipinski definition) is 3. The molecule has 120 valence electrons. The second-order valence-corrected chi connectivity index (χ2v) is 6.13. The topological polar surface area (TPSA) is 58.6 Å². The predicted molar refractivity (Wildman–Crippen MR) is 83.0 cm³/mol. The lowest BCUT2D eigenvalue weighted by atomic mass is 10.1. The van der Waals surface area contributed by atoms with E-state index in [1.165, 1.54) is 12.1 Å². The lowest BCUT2D eigenvalue weighted by molar-refractivity contribution is -0.130. The van der Waals surface area contributed by atoms with E-state index in [1.807, 2.05) is 0 Å². The summed E-state index contributed by atoms with van der Waals surface area (Å²) < 4.78 is 19.3. The number of benzene rings is 1. The second kappa shape index (κ2) is 7.58. The van der Waals surface area contributed by atoms with Crippen LogP contribution in [0.1, 0.15) is 19.8 Å². The molecule has 7 heteroatoms. The zero-order valence-corrected chi connectivity index (χ0v) is 13.9. The first-order valence-electron chi connectivity index (χ1n) is 7.08. The van der Waals surface area contributed by atoms with E-state index in [4.69, 9.17) is 4.74 Å². The van der Waals surface area contributed by atoms with Crippen LogP contribution in [0.25, 0.3) is 0 Å². The van der Waals surface area contributed by atoms with Crippen LogP contribution in [0.2, 0.25) is 0 Å². The van der Waals surface area contributed by atoms with E-state index in [9.17, 15) is 14.0 Å². The summed E-state index contributed by atoms with van der Waals surface area (Å²) in [5.74, 6) is -0.705. The molecule has 0 spiro atoms. The van der Waals surface area contributed by atoms with Gasteiger partial charge < -0.3 is 15.0 Å². The highest BCUT2D eigenvalue weighted by atomic mass is 79.9. The van der Waals surface area contributed by atoms with Crippen molar-refractivity contribution in [1.29, 1.82) is 0 Å².